The third-order valence-corrected chi connectivity index (χ3v) is 3.90. The Bertz CT molecular complexity index is 487. The molecule has 0 aliphatic carbocycles. The van der Waals surface area contributed by atoms with E-state index in [9.17, 15) is 13.2 Å². The summed E-state index contributed by atoms with van der Waals surface area (Å²) >= 11 is 0. The van der Waals surface area contributed by atoms with Crippen LogP contribution >= 0.6 is 0 Å². The van der Waals surface area contributed by atoms with Gasteiger partial charge in [0.2, 0.25) is 10.0 Å². The maximum atomic E-state index is 11.7. The van der Waals surface area contributed by atoms with Gasteiger partial charge in [-0.2, -0.15) is 0 Å². The lowest BCUT2D eigenvalue weighted by atomic mass is 10.1. The smallest absolute Gasteiger partial charge is 0.303 e. The molecule has 7 heteroatoms. The lowest BCUT2D eigenvalue weighted by Crippen LogP contribution is -2.29. The van der Waals surface area contributed by atoms with E-state index in [1.54, 1.807) is 31.5 Å². The van der Waals surface area contributed by atoms with Crippen molar-refractivity contribution in [2.75, 3.05) is 5.75 Å². The summed E-state index contributed by atoms with van der Waals surface area (Å²) < 4.78 is 25.8. The molecule has 1 rings (SSSR count). The van der Waals surface area contributed by atoms with Crippen LogP contribution in [0.1, 0.15) is 31.4 Å². The average molecular weight is 272 g/mol. The number of rotatable bonds is 7. The fourth-order valence-corrected chi connectivity index (χ4v) is 2.78. The maximum Gasteiger partial charge on any atom is 0.303 e. The van der Waals surface area contributed by atoms with Crippen molar-refractivity contribution in [2.45, 2.75) is 25.8 Å². The first-order chi connectivity index (χ1) is 8.41. The number of sulfonamides is 1. The molecule has 1 aromatic rings. The molecule has 0 aliphatic heterocycles. The molecule has 0 aliphatic rings. The van der Waals surface area contributed by atoms with Gasteiger partial charge in [0.15, 0.2) is 0 Å². The number of hydrogen-bond acceptors (Lipinski definition) is 4. The molecule has 0 radical (unpaired) electrons. The molecule has 1 aromatic heterocycles. The Kier molecular flexibility index (Phi) is 5.24. The quantitative estimate of drug-likeness (QED) is 0.769. The summed E-state index contributed by atoms with van der Waals surface area (Å²) in [5, 5.41) is 8.45. The van der Waals surface area contributed by atoms with E-state index in [1.807, 2.05) is 0 Å². The van der Waals surface area contributed by atoms with Gasteiger partial charge in [-0.05, 0) is 31.0 Å². The zero-order chi connectivity index (χ0) is 13.6. The van der Waals surface area contributed by atoms with Gasteiger partial charge in [0, 0.05) is 24.9 Å². The van der Waals surface area contributed by atoms with Crippen molar-refractivity contribution in [1.82, 2.24) is 9.71 Å². The predicted molar refractivity (Wildman–Crippen MR) is 66.4 cm³/mol. The van der Waals surface area contributed by atoms with Crippen molar-refractivity contribution >= 4 is 16.0 Å². The number of carboxylic acid groups (broad SMARTS) is 1. The number of carbonyl (C=O) groups is 1. The van der Waals surface area contributed by atoms with Gasteiger partial charge in [0.25, 0.3) is 0 Å². The second-order valence-corrected chi connectivity index (χ2v) is 5.81. The first-order valence-corrected chi connectivity index (χ1v) is 7.17. The predicted octanol–water partition coefficient (Wildman–Crippen LogP) is 0.927. The average Bonchev–Trinajstić information content (AvgIpc) is 2.28. The Hall–Kier alpha value is -1.47. The van der Waals surface area contributed by atoms with Gasteiger partial charge >= 0.3 is 5.97 Å². The molecule has 0 aromatic carbocycles. The normalized spacial score (nSPS) is 13.2. The molecule has 6 nitrogen and oxygen atoms in total. The highest BCUT2D eigenvalue weighted by atomic mass is 32.2. The van der Waals surface area contributed by atoms with E-state index < -0.39 is 16.0 Å². The lowest BCUT2D eigenvalue weighted by molar-refractivity contribution is -0.137. The summed E-state index contributed by atoms with van der Waals surface area (Å²) in [5.41, 5.74) is 0.812. The van der Waals surface area contributed by atoms with E-state index in [0.717, 1.165) is 5.56 Å². The number of pyridine rings is 1. The standard InChI is InChI=1S/C11H16N2O4S/c1-9(10-4-6-12-7-5-10)13-18(16,17)8-2-3-11(14)15/h4-7,9,13H,2-3,8H2,1H3,(H,14,15). The van der Waals surface area contributed by atoms with Gasteiger partial charge in [-0.3, -0.25) is 9.78 Å². The fourth-order valence-electron chi connectivity index (χ4n) is 1.46. The molecule has 0 fully saturated rings. The molecule has 0 saturated carbocycles. The van der Waals surface area contributed by atoms with E-state index in [2.05, 4.69) is 9.71 Å². The molecule has 2 N–H and O–H groups in total. The van der Waals surface area contributed by atoms with Crippen LogP contribution in [0.3, 0.4) is 0 Å². The van der Waals surface area contributed by atoms with Gasteiger partial charge in [-0.15, -0.1) is 0 Å². The molecule has 0 saturated heterocycles. The SMILES string of the molecule is CC(NS(=O)(=O)CCCC(=O)O)c1ccncc1. The van der Waals surface area contributed by atoms with Gasteiger partial charge in [0.1, 0.15) is 0 Å². The van der Waals surface area contributed by atoms with Crippen LogP contribution < -0.4 is 4.72 Å². The van der Waals surface area contributed by atoms with Gasteiger partial charge in [0.05, 0.1) is 5.75 Å². The monoisotopic (exact) mass is 272 g/mol. The molecule has 0 spiro atoms. The third-order valence-electron chi connectivity index (χ3n) is 2.37. The summed E-state index contributed by atoms with van der Waals surface area (Å²) in [4.78, 5) is 14.2. The van der Waals surface area contributed by atoms with Gasteiger partial charge < -0.3 is 5.11 Å². The highest BCUT2D eigenvalue weighted by Gasteiger charge is 2.15. The minimum atomic E-state index is -3.46. The van der Waals surface area contributed by atoms with E-state index in [0.29, 0.717) is 0 Å². The molecule has 100 valence electrons. The molecule has 0 bridgehead atoms. The summed E-state index contributed by atoms with van der Waals surface area (Å²) in [5.74, 6) is -1.18. The molecule has 0 amide bonds. The molecular weight excluding hydrogens is 256 g/mol. The molecule has 1 unspecified atom stereocenters. The Labute approximate surface area is 106 Å². The van der Waals surface area contributed by atoms with Gasteiger partial charge in [-0.25, -0.2) is 13.1 Å². The molecular formula is C11H16N2O4S. The van der Waals surface area contributed by atoms with Crippen molar-refractivity contribution in [3.05, 3.63) is 30.1 Å². The van der Waals surface area contributed by atoms with Crippen LogP contribution in [0.25, 0.3) is 0 Å². The highest BCUT2D eigenvalue weighted by Crippen LogP contribution is 2.12. The van der Waals surface area contributed by atoms with Crippen LogP contribution in [0.2, 0.25) is 0 Å². The van der Waals surface area contributed by atoms with Crippen LogP contribution in [-0.2, 0) is 14.8 Å². The molecule has 1 heterocycles. The number of carboxylic acids is 1. The van der Waals surface area contributed by atoms with Crippen LogP contribution in [0, 0.1) is 0 Å². The lowest BCUT2D eigenvalue weighted by Gasteiger charge is -2.14. The Morgan fingerprint density at radius 3 is 2.61 bits per heavy atom. The fraction of sp³-hybridized carbons (Fsp3) is 0.455. The van der Waals surface area contributed by atoms with Crippen molar-refractivity contribution in [2.24, 2.45) is 0 Å². The zero-order valence-electron chi connectivity index (χ0n) is 10.0. The molecule has 1 atom stereocenters. The zero-order valence-corrected chi connectivity index (χ0v) is 10.9. The molecule has 18 heavy (non-hydrogen) atoms. The summed E-state index contributed by atoms with van der Waals surface area (Å²) in [6.07, 6.45) is 3.13. The van der Waals surface area contributed by atoms with E-state index in [1.165, 1.54) is 0 Å². The first kappa shape index (κ1) is 14.6. The number of hydrogen-bond donors (Lipinski definition) is 2. The number of aliphatic carboxylic acids is 1. The third kappa shape index (κ3) is 5.24. The maximum absolute atomic E-state index is 11.7. The Morgan fingerprint density at radius 2 is 2.06 bits per heavy atom. The number of nitrogens with one attached hydrogen (secondary N) is 1. The summed E-state index contributed by atoms with van der Waals surface area (Å²) in [6.45, 7) is 1.73. The first-order valence-electron chi connectivity index (χ1n) is 5.52. The summed E-state index contributed by atoms with van der Waals surface area (Å²) in [6, 6.07) is 3.09. The second kappa shape index (κ2) is 6.46. The van der Waals surface area contributed by atoms with Crippen molar-refractivity contribution < 1.29 is 18.3 Å². The largest absolute Gasteiger partial charge is 0.481 e. The van der Waals surface area contributed by atoms with Crippen LogP contribution in [0.5, 0.6) is 0 Å². The van der Waals surface area contributed by atoms with E-state index >= 15 is 0 Å². The summed E-state index contributed by atoms with van der Waals surface area (Å²) in [7, 11) is -3.46. The van der Waals surface area contributed by atoms with Crippen LogP contribution in [-0.4, -0.2) is 30.2 Å². The van der Waals surface area contributed by atoms with Crippen molar-refractivity contribution in [3.8, 4) is 0 Å². The Morgan fingerprint density at radius 1 is 1.44 bits per heavy atom. The number of nitrogens with zero attached hydrogens (tertiary/aromatic N) is 1. The topological polar surface area (TPSA) is 96.4 Å². The van der Waals surface area contributed by atoms with Crippen molar-refractivity contribution in [1.29, 1.82) is 0 Å². The second-order valence-electron chi connectivity index (χ2n) is 3.94. The highest BCUT2D eigenvalue weighted by molar-refractivity contribution is 7.89. The van der Waals surface area contributed by atoms with Crippen LogP contribution in [0.4, 0.5) is 0 Å². The minimum Gasteiger partial charge on any atom is -0.481 e. The minimum absolute atomic E-state index is 0.105. The van der Waals surface area contributed by atoms with E-state index in [4.69, 9.17) is 5.11 Å². The Balaban J connectivity index is 2.53. The number of aromatic nitrogens is 1. The van der Waals surface area contributed by atoms with Crippen LogP contribution in [0.15, 0.2) is 24.5 Å². The van der Waals surface area contributed by atoms with Gasteiger partial charge in [-0.1, -0.05) is 0 Å². The van der Waals surface area contributed by atoms with Crippen molar-refractivity contribution in [3.63, 3.8) is 0 Å². The van der Waals surface area contributed by atoms with E-state index in [-0.39, 0.29) is 24.6 Å².